The number of hydrogen-bond acceptors (Lipinski definition) is 5. The van der Waals surface area contributed by atoms with Crippen LogP contribution >= 0.6 is 11.3 Å². The van der Waals surface area contributed by atoms with Crippen LogP contribution in [0.15, 0.2) is 35.2 Å². The van der Waals surface area contributed by atoms with Crippen molar-refractivity contribution in [3.05, 3.63) is 46.3 Å². The average Bonchev–Trinajstić information content (AvgIpc) is 3.10. The third-order valence-corrected chi connectivity index (χ3v) is 9.08. The molecule has 0 unspecified atom stereocenters. The summed E-state index contributed by atoms with van der Waals surface area (Å²) in [4.78, 5) is 4.02. The maximum atomic E-state index is 13.1. The van der Waals surface area contributed by atoms with Crippen molar-refractivity contribution in [3.8, 4) is 5.06 Å². The van der Waals surface area contributed by atoms with Gasteiger partial charge >= 0.3 is 0 Å². The van der Waals surface area contributed by atoms with Crippen LogP contribution in [0.4, 0.5) is 0 Å². The summed E-state index contributed by atoms with van der Waals surface area (Å²) in [5.74, 6) is 0. The molecular formula is C22H30N2O3S2. The van der Waals surface area contributed by atoms with Crippen molar-refractivity contribution < 1.29 is 13.2 Å². The molecule has 0 spiro atoms. The van der Waals surface area contributed by atoms with Crippen LogP contribution in [0, 0.1) is 6.92 Å². The maximum Gasteiger partial charge on any atom is 0.243 e. The molecule has 0 amide bonds. The van der Waals surface area contributed by atoms with Crippen molar-refractivity contribution >= 4 is 21.4 Å². The third kappa shape index (κ3) is 4.38. The fourth-order valence-corrected chi connectivity index (χ4v) is 7.05. The highest BCUT2D eigenvalue weighted by Crippen LogP contribution is 2.36. The van der Waals surface area contributed by atoms with Gasteiger partial charge in [-0.3, -0.25) is 0 Å². The molecule has 1 aromatic carbocycles. The monoisotopic (exact) mass is 434 g/mol. The number of hydrogen-bond donors (Lipinski definition) is 0. The average molecular weight is 435 g/mol. The molecule has 0 radical (unpaired) electrons. The smallest absolute Gasteiger partial charge is 0.243 e. The Balaban J connectivity index is 1.44. The molecule has 5 nitrogen and oxygen atoms in total. The van der Waals surface area contributed by atoms with E-state index in [-0.39, 0.29) is 6.10 Å². The molecule has 0 bridgehead atoms. The lowest BCUT2D eigenvalue weighted by Crippen LogP contribution is -2.41. The molecule has 0 atom stereocenters. The zero-order chi connectivity index (χ0) is 20.6. The molecule has 3 heterocycles. The summed E-state index contributed by atoms with van der Waals surface area (Å²) in [6.45, 7) is 9.45. The first-order valence-electron chi connectivity index (χ1n) is 10.4. The van der Waals surface area contributed by atoms with Gasteiger partial charge in [0.15, 0.2) is 5.06 Å². The van der Waals surface area contributed by atoms with Crippen molar-refractivity contribution in [2.45, 2.75) is 63.6 Å². The van der Waals surface area contributed by atoms with Crippen LogP contribution < -0.4 is 4.74 Å². The summed E-state index contributed by atoms with van der Waals surface area (Å²) < 4.78 is 34.1. The lowest BCUT2D eigenvalue weighted by Gasteiger charge is -2.34. The van der Waals surface area contributed by atoms with E-state index < -0.39 is 10.0 Å². The number of nitrogens with zero attached hydrogens (tertiary/aromatic N) is 2. The molecule has 1 fully saturated rings. The highest BCUT2D eigenvalue weighted by atomic mass is 32.2. The predicted molar refractivity (Wildman–Crippen MR) is 117 cm³/mol. The van der Waals surface area contributed by atoms with E-state index in [9.17, 15) is 8.42 Å². The lowest BCUT2D eigenvalue weighted by molar-refractivity contribution is 0.0868. The van der Waals surface area contributed by atoms with E-state index in [0.717, 1.165) is 47.9 Å². The highest BCUT2D eigenvalue weighted by Gasteiger charge is 2.31. The van der Waals surface area contributed by atoms with Gasteiger partial charge in [-0.25, -0.2) is 8.42 Å². The van der Waals surface area contributed by atoms with Gasteiger partial charge in [0.2, 0.25) is 10.0 Å². The number of fused-ring (bicyclic) bond motifs is 1. The van der Waals surface area contributed by atoms with Crippen LogP contribution in [-0.2, 0) is 23.0 Å². The second-order valence-corrected chi connectivity index (χ2v) is 11.3. The fraction of sp³-hybridized carbons (Fsp3) is 0.545. The van der Waals surface area contributed by atoms with E-state index in [1.54, 1.807) is 27.8 Å². The van der Waals surface area contributed by atoms with Crippen molar-refractivity contribution in [3.63, 3.8) is 0 Å². The number of rotatable bonds is 5. The van der Waals surface area contributed by atoms with Crippen LogP contribution in [0.2, 0.25) is 0 Å². The lowest BCUT2D eigenvalue weighted by atomic mass is 10.1. The summed E-state index contributed by atoms with van der Waals surface area (Å²) in [6, 6.07) is 9.93. The van der Waals surface area contributed by atoms with E-state index >= 15 is 0 Å². The molecule has 2 aromatic rings. The van der Waals surface area contributed by atoms with Crippen LogP contribution in [0.1, 0.15) is 42.7 Å². The van der Waals surface area contributed by atoms with E-state index in [1.165, 1.54) is 5.56 Å². The Morgan fingerprint density at radius 1 is 1.14 bits per heavy atom. The fourth-order valence-electron chi connectivity index (χ4n) is 4.19. The summed E-state index contributed by atoms with van der Waals surface area (Å²) >= 11 is 1.61. The second kappa shape index (κ2) is 8.38. The van der Waals surface area contributed by atoms with Crippen LogP contribution in [0.3, 0.4) is 0 Å². The molecule has 0 aliphatic carbocycles. The quantitative estimate of drug-likeness (QED) is 0.712. The molecule has 2 aliphatic rings. The Hall–Kier alpha value is -1.41. The Morgan fingerprint density at radius 2 is 1.86 bits per heavy atom. The standard InChI is InChI=1S/C22H30N2O3S2/c1-16(2)23-11-9-19(10-12-23)27-22-14-18-8-13-24(15-20(18)28-22)29(25,26)21-7-5-4-6-17(21)3/h4-7,14,16,19H,8-13,15H2,1-3H3. The largest absolute Gasteiger partial charge is 0.481 e. The van der Waals surface area contributed by atoms with Gasteiger partial charge in [0.25, 0.3) is 0 Å². The van der Waals surface area contributed by atoms with Crippen molar-refractivity contribution in [2.24, 2.45) is 0 Å². The summed E-state index contributed by atoms with van der Waals surface area (Å²) in [7, 11) is -3.47. The van der Waals surface area contributed by atoms with Gasteiger partial charge in [0, 0.05) is 37.1 Å². The van der Waals surface area contributed by atoms with Crippen LogP contribution in [0.5, 0.6) is 5.06 Å². The zero-order valence-corrected chi connectivity index (χ0v) is 19.1. The number of benzene rings is 1. The Kier molecular flexibility index (Phi) is 6.02. The Morgan fingerprint density at radius 3 is 2.55 bits per heavy atom. The minimum Gasteiger partial charge on any atom is -0.481 e. The van der Waals surface area contributed by atoms with Crippen LogP contribution in [-0.4, -0.2) is 49.4 Å². The van der Waals surface area contributed by atoms with Crippen molar-refractivity contribution in [1.82, 2.24) is 9.21 Å². The Labute approximate surface area is 178 Å². The molecule has 4 rings (SSSR count). The number of aryl methyl sites for hydroxylation is 1. The van der Waals surface area contributed by atoms with E-state index in [4.69, 9.17) is 4.74 Å². The Bertz CT molecular complexity index is 960. The number of likely N-dealkylation sites (tertiary alicyclic amines) is 1. The van der Waals surface area contributed by atoms with Gasteiger partial charge in [0.1, 0.15) is 6.10 Å². The van der Waals surface area contributed by atoms with Crippen LogP contribution in [0.25, 0.3) is 0 Å². The predicted octanol–water partition coefficient (Wildman–Crippen LogP) is 4.06. The molecule has 0 saturated carbocycles. The number of sulfonamides is 1. The second-order valence-electron chi connectivity index (χ2n) is 8.31. The van der Waals surface area contributed by atoms with Gasteiger partial charge in [-0.1, -0.05) is 18.2 Å². The molecule has 29 heavy (non-hydrogen) atoms. The highest BCUT2D eigenvalue weighted by molar-refractivity contribution is 7.89. The molecule has 0 N–H and O–H groups in total. The molecule has 2 aliphatic heterocycles. The van der Waals surface area contributed by atoms with Gasteiger partial charge in [-0.15, -0.1) is 11.3 Å². The molecule has 1 aromatic heterocycles. The SMILES string of the molecule is Cc1ccccc1S(=O)(=O)N1CCc2cc(OC3CCN(C(C)C)CC3)sc2C1. The van der Waals surface area contributed by atoms with E-state index in [2.05, 4.69) is 24.8 Å². The first-order valence-corrected chi connectivity index (χ1v) is 12.7. The molecule has 1 saturated heterocycles. The summed E-state index contributed by atoms with van der Waals surface area (Å²) in [5, 5.41) is 0.938. The van der Waals surface area contributed by atoms with E-state index in [1.807, 2.05) is 19.1 Å². The third-order valence-electron chi connectivity index (χ3n) is 6.03. The van der Waals surface area contributed by atoms with Gasteiger partial charge in [-0.05, 0) is 63.3 Å². The summed E-state index contributed by atoms with van der Waals surface area (Å²) in [6.07, 6.45) is 3.10. The maximum absolute atomic E-state index is 13.1. The molecule has 158 valence electrons. The van der Waals surface area contributed by atoms with Gasteiger partial charge in [0.05, 0.1) is 4.90 Å². The molecular weight excluding hydrogens is 404 g/mol. The number of piperidine rings is 1. The van der Waals surface area contributed by atoms with Gasteiger partial charge < -0.3 is 9.64 Å². The number of ether oxygens (including phenoxy) is 1. The topological polar surface area (TPSA) is 49.9 Å². The minimum absolute atomic E-state index is 0.261. The van der Waals surface area contributed by atoms with Crippen molar-refractivity contribution in [2.75, 3.05) is 19.6 Å². The van der Waals surface area contributed by atoms with Crippen molar-refractivity contribution in [1.29, 1.82) is 0 Å². The van der Waals surface area contributed by atoms with Gasteiger partial charge in [-0.2, -0.15) is 4.31 Å². The minimum atomic E-state index is -3.47. The normalized spacial score (nSPS) is 19.4. The summed E-state index contributed by atoms with van der Waals surface area (Å²) in [5.41, 5.74) is 2.03. The first kappa shape index (κ1) is 20.8. The first-order chi connectivity index (χ1) is 13.8. The van der Waals surface area contributed by atoms with E-state index in [0.29, 0.717) is 24.0 Å². The number of thiophene rings is 1. The zero-order valence-electron chi connectivity index (χ0n) is 17.4. The molecule has 7 heteroatoms.